The third-order valence-corrected chi connectivity index (χ3v) is 3.48. The standard InChI is InChI=1S/C16H15ClFNO/c1-10-4-3-5-15(11(10)2)19-16(20)8-12-6-7-13(17)9-14(12)18/h3-7,9H,8H2,1-2H3,(H,19,20). The molecule has 0 aliphatic rings. The molecule has 2 nitrogen and oxygen atoms in total. The number of benzene rings is 2. The molecular weight excluding hydrogens is 277 g/mol. The van der Waals surface area contributed by atoms with Gasteiger partial charge in [0.15, 0.2) is 0 Å². The molecule has 0 atom stereocenters. The molecule has 0 spiro atoms. The molecule has 0 radical (unpaired) electrons. The molecule has 0 aliphatic carbocycles. The summed E-state index contributed by atoms with van der Waals surface area (Å²) >= 11 is 5.68. The Morgan fingerprint density at radius 1 is 1.25 bits per heavy atom. The molecule has 4 heteroatoms. The average Bonchev–Trinajstić information content (AvgIpc) is 2.38. The van der Waals surface area contributed by atoms with Crippen LogP contribution in [0.2, 0.25) is 5.02 Å². The molecular formula is C16H15ClFNO. The molecule has 0 unspecified atom stereocenters. The smallest absolute Gasteiger partial charge is 0.228 e. The van der Waals surface area contributed by atoms with E-state index in [0.717, 1.165) is 16.8 Å². The highest BCUT2D eigenvalue weighted by Crippen LogP contribution is 2.19. The van der Waals surface area contributed by atoms with E-state index in [-0.39, 0.29) is 12.3 Å². The second kappa shape index (κ2) is 6.06. The van der Waals surface area contributed by atoms with Gasteiger partial charge in [-0.1, -0.05) is 29.8 Å². The van der Waals surface area contributed by atoms with Crippen molar-refractivity contribution >= 4 is 23.2 Å². The van der Waals surface area contributed by atoms with Crippen LogP contribution in [0.4, 0.5) is 10.1 Å². The number of hydrogen-bond acceptors (Lipinski definition) is 1. The monoisotopic (exact) mass is 291 g/mol. The first kappa shape index (κ1) is 14.5. The van der Waals surface area contributed by atoms with Crippen molar-refractivity contribution < 1.29 is 9.18 Å². The van der Waals surface area contributed by atoms with Crippen LogP contribution < -0.4 is 5.32 Å². The third kappa shape index (κ3) is 3.36. The topological polar surface area (TPSA) is 29.1 Å². The first-order chi connectivity index (χ1) is 9.47. The predicted molar refractivity (Wildman–Crippen MR) is 79.7 cm³/mol. The van der Waals surface area contributed by atoms with E-state index in [0.29, 0.717) is 10.6 Å². The van der Waals surface area contributed by atoms with Gasteiger partial charge in [-0.25, -0.2) is 4.39 Å². The van der Waals surface area contributed by atoms with E-state index in [1.807, 2.05) is 32.0 Å². The van der Waals surface area contributed by atoms with Crippen LogP contribution >= 0.6 is 11.6 Å². The number of amides is 1. The lowest BCUT2D eigenvalue weighted by molar-refractivity contribution is -0.115. The van der Waals surface area contributed by atoms with Crippen molar-refractivity contribution in [2.24, 2.45) is 0 Å². The highest BCUT2D eigenvalue weighted by Gasteiger charge is 2.10. The number of aryl methyl sites for hydroxylation is 1. The fourth-order valence-corrected chi connectivity index (χ4v) is 2.08. The molecule has 0 saturated heterocycles. The lowest BCUT2D eigenvalue weighted by Crippen LogP contribution is -2.16. The van der Waals surface area contributed by atoms with Crippen LogP contribution in [0.5, 0.6) is 0 Å². The summed E-state index contributed by atoms with van der Waals surface area (Å²) in [5.74, 6) is -0.714. The molecule has 2 rings (SSSR count). The van der Waals surface area contributed by atoms with Gasteiger partial charge >= 0.3 is 0 Å². The van der Waals surface area contributed by atoms with Crippen molar-refractivity contribution in [2.75, 3.05) is 5.32 Å². The number of carbonyl (C=O) groups is 1. The van der Waals surface area contributed by atoms with Gasteiger partial charge < -0.3 is 5.32 Å². The minimum atomic E-state index is -0.464. The van der Waals surface area contributed by atoms with Crippen molar-refractivity contribution in [3.05, 3.63) is 63.9 Å². The molecule has 104 valence electrons. The van der Waals surface area contributed by atoms with Crippen LogP contribution in [0.3, 0.4) is 0 Å². The minimum Gasteiger partial charge on any atom is -0.326 e. The maximum absolute atomic E-state index is 13.6. The summed E-state index contributed by atoms with van der Waals surface area (Å²) in [5.41, 5.74) is 3.19. The fraction of sp³-hybridized carbons (Fsp3) is 0.188. The quantitative estimate of drug-likeness (QED) is 0.898. The van der Waals surface area contributed by atoms with Gasteiger partial charge in [0.2, 0.25) is 5.91 Å². The van der Waals surface area contributed by atoms with Gasteiger partial charge in [0, 0.05) is 10.7 Å². The Bertz CT molecular complexity index is 655. The molecule has 2 aromatic rings. The highest BCUT2D eigenvalue weighted by atomic mass is 35.5. The number of nitrogens with one attached hydrogen (secondary N) is 1. The Labute approximate surface area is 122 Å². The van der Waals surface area contributed by atoms with Crippen molar-refractivity contribution in [1.29, 1.82) is 0 Å². The van der Waals surface area contributed by atoms with Crippen molar-refractivity contribution in [2.45, 2.75) is 20.3 Å². The predicted octanol–water partition coefficient (Wildman–Crippen LogP) is 4.28. The SMILES string of the molecule is Cc1cccc(NC(=O)Cc2ccc(Cl)cc2F)c1C. The van der Waals surface area contributed by atoms with Crippen LogP contribution in [0.25, 0.3) is 0 Å². The Kier molecular flexibility index (Phi) is 4.40. The molecule has 0 heterocycles. The minimum absolute atomic E-state index is 0.0175. The molecule has 0 fully saturated rings. The molecule has 1 amide bonds. The van der Waals surface area contributed by atoms with Crippen LogP contribution in [0.15, 0.2) is 36.4 Å². The Balaban J connectivity index is 2.11. The van der Waals surface area contributed by atoms with Gasteiger partial charge in [-0.3, -0.25) is 4.79 Å². The third-order valence-electron chi connectivity index (χ3n) is 3.24. The first-order valence-corrected chi connectivity index (χ1v) is 6.65. The van der Waals surface area contributed by atoms with E-state index in [9.17, 15) is 9.18 Å². The summed E-state index contributed by atoms with van der Waals surface area (Å²) in [5, 5.41) is 3.12. The van der Waals surface area contributed by atoms with Crippen LogP contribution in [-0.2, 0) is 11.2 Å². The second-order valence-electron chi connectivity index (χ2n) is 4.71. The molecule has 20 heavy (non-hydrogen) atoms. The number of hydrogen-bond donors (Lipinski definition) is 1. The number of halogens is 2. The Hall–Kier alpha value is -1.87. The molecule has 0 saturated carbocycles. The summed E-state index contributed by atoms with van der Waals surface area (Å²) in [6.07, 6.45) is -0.0175. The Morgan fingerprint density at radius 3 is 2.70 bits per heavy atom. The summed E-state index contributed by atoms with van der Waals surface area (Å²) in [7, 11) is 0. The van der Waals surface area contributed by atoms with Gasteiger partial charge in [-0.05, 0) is 48.7 Å². The zero-order valence-electron chi connectivity index (χ0n) is 11.3. The van der Waals surface area contributed by atoms with Crippen molar-refractivity contribution in [1.82, 2.24) is 0 Å². The summed E-state index contributed by atoms with van der Waals surface area (Å²) in [6.45, 7) is 3.91. The van der Waals surface area contributed by atoms with Crippen LogP contribution in [0.1, 0.15) is 16.7 Å². The van der Waals surface area contributed by atoms with Gasteiger partial charge in [0.05, 0.1) is 6.42 Å². The maximum atomic E-state index is 13.6. The molecule has 0 bridgehead atoms. The zero-order chi connectivity index (χ0) is 14.7. The summed E-state index contributed by atoms with van der Waals surface area (Å²) in [4.78, 5) is 12.0. The lowest BCUT2D eigenvalue weighted by atomic mass is 10.1. The molecule has 0 aromatic heterocycles. The largest absolute Gasteiger partial charge is 0.326 e. The van der Waals surface area contributed by atoms with E-state index in [2.05, 4.69) is 5.32 Å². The van der Waals surface area contributed by atoms with E-state index in [1.54, 1.807) is 6.07 Å². The van der Waals surface area contributed by atoms with Crippen molar-refractivity contribution in [3.8, 4) is 0 Å². The lowest BCUT2D eigenvalue weighted by Gasteiger charge is -2.10. The maximum Gasteiger partial charge on any atom is 0.228 e. The number of anilines is 1. The number of rotatable bonds is 3. The Morgan fingerprint density at radius 2 is 2.00 bits per heavy atom. The van der Waals surface area contributed by atoms with Gasteiger partial charge in [0.1, 0.15) is 5.82 Å². The normalized spacial score (nSPS) is 10.4. The fourth-order valence-electron chi connectivity index (χ4n) is 1.92. The van der Waals surface area contributed by atoms with E-state index >= 15 is 0 Å². The van der Waals surface area contributed by atoms with Gasteiger partial charge in [0.25, 0.3) is 0 Å². The van der Waals surface area contributed by atoms with Gasteiger partial charge in [-0.2, -0.15) is 0 Å². The van der Waals surface area contributed by atoms with E-state index < -0.39 is 5.82 Å². The number of carbonyl (C=O) groups excluding carboxylic acids is 1. The van der Waals surface area contributed by atoms with Gasteiger partial charge in [-0.15, -0.1) is 0 Å². The van der Waals surface area contributed by atoms with Crippen molar-refractivity contribution in [3.63, 3.8) is 0 Å². The molecule has 2 aromatic carbocycles. The molecule has 1 N–H and O–H groups in total. The second-order valence-corrected chi connectivity index (χ2v) is 5.14. The first-order valence-electron chi connectivity index (χ1n) is 6.27. The van der Waals surface area contributed by atoms with Crippen LogP contribution in [0, 0.1) is 19.7 Å². The average molecular weight is 292 g/mol. The van der Waals surface area contributed by atoms with E-state index in [1.165, 1.54) is 12.1 Å². The van der Waals surface area contributed by atoms with E-state index in [4.69, 9.17) is 11.6 Å². The van der Waals surface area contributed by atoms with Crippen LogP contribution in [-0.4, -0.2) is 5.91 Å². The summed E-state index contributed by atoms with van der Waals surface area (Å²) < 4.78 is 13.6. The molecule has 0 aliphatic heterocycles. The zero-order valence-corrected chi connectivity index (χ0v) is 12.1. The summed E-state index contributed by atoms with van der Waals surface area (Å²) in [6, 6.07) is 10.00. The highest BCUT2D eigenvalue weighted by molar-refractivity contribution is 6.30.